The normalized spacial score (nSPS) is 21.3. The number of carbonyl (C=O) groups is 1. The van der Waals surface area contributed by atoms with Crippen LogP contribution in [0.15, 0.2) is 0 Å². The molecule has 1 aliphatic carbocycles. The van der Waals surface area contributed by atoms with Crippen LogP contribution >= 0.6 is 0 Å². The minimum absolute atomic E-state index is 0.179. The number of amides is 1. The van der Waals surface area contributed by atoms with Crippen LogP contribution in [-0.2, 0) is 4.79 Å². The van der Waals surface area contributed by atoms with Gasteiger partial charge in [-0.25, -0.2) is 0 Å². The van der Waals surface area contributed by atoms with Gasteiger partial charge in [0.1, 0.15) is 0 Å². The van der Waals surface area contributed by atoms with E-state index in [4.69, 9.17) is 5.73 Å². The smallest absolute Gasteiger partial charge is 0.234 e. The molecular formula is C10H20N2O. The van der Waals surface area contributed by atoms with E-state index in [9.17, 15) is 4.79 Å². The van der Waals surface area contributed by atoms with E-state index in [-0.39, 0.29) is 11.9 Å². The van der Waals surface area contributed by atoms with E-state index >= 15 is 0 Å². The Balaban J connectivity index is 2.13. The first-order valence-corrected chi connectivity index (χ1v) is 5.23. The van der Waals surface area contributed by atoms with Gasteiger partial charge in [0, 0.05) is 0 Å². The lowest BCUT2D eigenvalue weighted by Gasteiger charge is -2.23. The van der Waals surface area contributed by atoms with Crippen molar-refractivity contribution < 1.29 is 4.79 Å². The lowest BCUT2D eigenvalue weighted by atomic mass is 9.89. The third kappa shape index (κ3) is 3.77. The fourth-order valence-corrected chi connectivity index (χ4v) is 1.84. The molecule has 0 heterocycles. The molecule has 0 saturated heterocycles. The Morgan fingerprint density at radius 3 is 2.62 bits per heavy atom. The topological polar surface area (TPSA) is 55.1 Å². The summed E-state index contributed by atoms with van der Waals surface area (Å²) in [6.07, 6.45) is 6.67. The predicted octanol–water partition coefficient (Wildman–Crippen LogP) is 1.03. The largest absolute Gasteiger partial charge is 0.368 e. The zero-order valence-corrected chi connectivity index (χ0v) is 8.38. The van der Waals surface area contributed by atoms with Crippen LogP contribution in [-0.4, -0.2) is 18.5 Å². The number of hydrogen-bond acceptors (Lipinski definition) is 2. The molecule has 0 aliphatic heterocycles. The van der Waals surface area contributed by atoms with E-state index in [0.717, 1.165) is 12.5 Å². The first-order chi connectivity index (χ1) is 6.20. The van der Waals surface area contributed by atoms with Crippen molar-refractivity contribution in [1.82, 2.24) is 5.32 Å². The molecule has 1 fully saturated rings. The third-order valence-electron chi connectivity index (χ3n) is 2.86. The van der Waals surface area contributed by atoms with Crippen molar-refractivity contribution in [3.63, 3.8) is 0 Å². The summed E-state index contributed by atoms with van der Waals surface area (Å²) < 4.78 is 0. The molecule has 3 heteroatoms. The van der Waals surface area contributed by atoms with Crippen LogP contribution in [0.4, 0.5) is 0 Å². The maximum absolute atomic E-state index is 10.7. The van der Waals surface area contributed by atoms with Crippen LogP contribution in [0.5, 0.6) is 0 Å². The zero-order chi connectivity index (χ0) is 9.68. The highest BCUT2D eigenvalue weighted by Crippen LogP contribution is 2.22. The van der Waals surface area contributed by atoms with Gasteiger partial charge in [0.2, 0.25) is 5.91 Å². The van der Waals surface area contributed by atoms with Crippen LogP contribution in [0.25, 0.3) is 0 Å². The molecule has 1 atom stereocenters. The van der Waals surface area contributed by atoms with Gasteiger partial charge < -0.3 is 11.1 Å². The highest BCUT2D eigenvalue weighted by Gasteiger charge is 2.15. The molecule has 3 nitrogen and oxygen atoms in total. The van der Waals surface area contributed by atoms with Crippen LogP contribution in [0.1, 0.15) is 39.0 Å². The maximum Gasteiger partial charge on any atom is 0.234 e. The lowest BCUT2D eigenvalue weighted by molar-refractivity contribution is -0.119. The molecule has 0 aromatic rings. The first-order valence-electron chi connectivity index (χ1n) is 5.23. The van der Waals surface area contributed by atoms with Gasteiger partial charge in [0.25, 0.3) is 0 Å². The van der Waals surface area contributed by atoms with Crippen molar-refractivity contribution in [1.29, 1.82) is 0 Å². The SMILES string of the molecule is C[C@@H](NCC1CCCCC1)C(N)=O. The number of nitrogens with one attached hydrogen (secondary N) is 1. The number of primary amides is 1. The van der Waals surface area contributed by atoms with Gasteiger partial charge in [-0.15, -0.1) is 0 Å². The van der Waals surface area contributed by atoms with Gasteiger partial charge in [0.15, 0.2) is 0 Å². The molecule has 1 aliphatic rings. The fraction of sp³-hybridized carbons (Fsp3) is 0.900. The highest BCUT2D eigenvalue weighted by molar-refractivity contribution is 5.79. The molecule has 0 spiro atoms. The van der Waals surface area contributed by atoms with Crippen molar-refractivity contribution in [2.75, 3.05) is 6.54 Å². The average molecular weight is 184 g/mol. The van der Waals surface area contributed by atoms with E-state index in [1.54, 1.807) is 0 Å². The van der Waals surface area contributed by atoms with E-state index < -0.39 is 0 Å². The second-order valence-corrected chi connectivity index (χ2v) is 4.04. The molecule has 0 bridgehead atoms. The molecule has 1 saturated carbocycles. The van der Waals surface area contributed by atoms with Crippen molar-refractivity contribution in [2.45, 2.75) is 45.1 Å². The second kappa shape index (κ2) is 5.22. The third-order valence-corrected chi connectivity index (χ3v) is 2.86. The summed E-state index contributed by atoms with van der Waals surface area (Å²) in [5.74, 6) is 0.506. The fourth-order valence-electron chi connectivity index (χ4n) is 1.84. The molecule has 76 valence electrons. The summed E-state index contributed by atoms with van der Waals surface area (Å²) in [6.45, 7) is 2.77. The standard InChI is InChI=1S/C10H20N2O/c1-8(10(11)13)12-7-9-5-3-2-4-6-9/h8-9,12H,2-7H2,1H3,(H2,11,13)/t8-/m1/s1. The predicted molar refractivity (Wildman–Crippen MR) is 53.2 cm³/mol. The lowest BCUT2D eigenvalue weighted by Crippen LogP contribution is -2.41. The van der Waals surface area contributed by atoms with Gasteiger partial charge in [-0.1, -0.05) is 19.3 Å². The van der Waals surface area contributed by atoms with E-state index in [0.29, 0.717) is 0 Å². The number of rotatable bonds is 4. The van der Waals surface area contributed by atoms with Gasteiger partial charge >= 0.3 is 0 Å². The zero-order valence-electron chi connectivity index (χ0n) is 8.38. The van der Waals surface area contributed by atoms with Crippen LogP contribution in [0.2, 0.25) is 0 Å². The summed E-state index contributed by atoms with van der Waals surface area (Å²) in [5, 5.41) is 3.18. The summed E-state index contributed by atoms with van der Waals surface area (Å²) in [6, 6.07) is -0.179. The quantitative estimate of drug-likeness (QED) is 0.685. The molecule has 1 rings (SSSR count). The highest BCUT2D eigenvalue weighted by atomic mass is 16.1. The van der Waals surface area contributed by atoms with Gasteiger partial charge in [-0.3, -0.25) is 4.79 Å². The van der Waals surface area contributed by atoms with Gasteiger partial charge in [-0.2, -0.15) is 0 Å². The molecule has 1 amide bonds. The van der Waals surface area contributed by atoms with Gasteiger partial charge in [-0.05, 0) is 32.2 Å². The minimum atomic E-state index is -0.254. The molecule has 0 aromatic heterocycles. The van der Waals surface area contributed by atoms with Crippen molar-refractivity contribution >= 4 is 5.91 Å². The molecule has 13 heavy (non-hydrogen) atoms. The number of nitrogens with two attached hydrogens (primary N) is 1. The van der Waals surface area contributed by atoms with Crippen molar-refractivity contribution in [3.05, 3.63) is 0 Å². The number of hydrogen-bond donors (Lipinski definition) is 2. The molecule has 3 N–H and O–H groups in total. The summed E-state index contributed by atoms with van der Waals surface area (Å²) in [5.41, 5.74) is 5.15. The van der Waals surface area contributed by atoms with Crippen LogP contribution < -0.4 is 11.1 Å². The summed E-state index contributed by atoms with van der Waals surface area (Å²) >= 11 is 0. The van der Waals surface area contributed by atoms with Crippen molar-refractivity contribution in [2.24, 2.45) is 11.7 Å². The molecular weight excluding hydrogens is 164 g/mol. The Morgan fingerprint density at radius 2 is 2.08 bits per heavy atom. The van der Waals surface area contributed by atoms with Gasteiger partial charge in [0.05, 0.1) is 6.04 Å². The van der Waals surface area contributed by atoms with E-state index in [1.807, 2.05) is 6.92 Å². The molecule has 0 unspecified atom stereocenters. The molecule has 0 aromatic carbocycles. The van der Waals surface area contributed by atoms with Crippen LogP contribution in [0, 0.1) is 5.92 Å². The summed E-state index contributed by atoms with van der Waals surface area (Å²) in [7, 11) is 0. The van der Waals surface area contributed by atoms with E-state index in [2.05, 4.69) is 5.32 Å². The Bertz CT molecular complexity index is 164. The molecule has 0 radical (unpaired) electrons. The van der Waals surface area contributed by atoms with Crippen LogP contribution in [0.3, 0.4) is 0 Å². The second-order valence-electron chi connectivity index (χ2n) is 4.04. The Labute approximate surface area is 80.1 Å². The maximum atomic E-state index is 10.7. The Morgan fingerprint density at radius 1 is 1.46 bits per heavy atom. The average Bonchev–Trinajstić information content (AvgIpc) is 2.15. The summed E-state index contributed by atoms with van der Waals surface area (Å²) in [4.78, 5) is 10.7. The monoisotopic (exact) mass is 184 g/mol. The minimum Gasteiger partial charge on any atom is -0.368 e. The number of carbonyl (C=O) groups excluding carboxylic acids is 1. The Kier molecular flexibility index (Phi) is 4.22. The Hall–Kier alpha value is -0.570. The van der Waals surface area contributed by atoms with Crippen molar-refractivity contribution in [3.8, 4) is 0 Å². The first kappa shape index (κ1) is 10.5. The van der Waals surface area contributed by atoms with E-state index in [1.165, 1.54) is 32.1 Å².